The first-order chi connectivity index (χ1) is 9.58. The fourth-order valence-electron chi connectivity index (χ4n) is 2.20. The van der Waals surface area contributed by atoms with Gasteiger partial charge in [-0.1, -0.05) is 0 Å². The molecule has 1 fully saturated rings. The monoisotopic (exact) mass is 344 g/mol. The van der Waals surface area contributed by atoms with Gasteiger partial charge >= 0.3 is 0 Å². The number of ether oxygens (including phenoxy) is 1. The van der Waals surface area contributed by atoms with Crippen LogP contribution in [0, 0.1) is 13.8 Å². The van der Waals surface area contributed by atoms with E-state index in [4.69, 9.17) is 4.74 Å². The molecule has 0 aliphatic carbocycles. The Morgan fingerprint density at radius 1 is 1.40 bits per heavy atom. The van der Waals surface area contributed by atoms with Crippen molar-refractivity contribution in [3.05, 3.63) is 15.9 Å². The molecular formula is C13H21BrN4O2. The van der Waals surface area contributed by atoms with E-state index < -0.39 is 0 Å². The number of nitrogens with one attached hydrogen (secondary N) is 1. The lowest BCUT2D eigenvalue weighted by Crippen LogP contribution is -2.41. The number of morpholine rings is 1. The van der Waals surface area contributed by atoms with E-state index in [2.05, 4.69) is 31.2 Å². The van der Waals surface area contributed by atoms with E-state index in [0.29, 0.717) is 6.54 Å². The van der Waals surface area contributed by atoms with E-state index in [-0.39, 0.29) is 12.5 Å². The van der Waals surface area contributed by atoms with Gasteiger partial charge in [0.1, 0.15) is 6.54 Å². The number of hydrogen-bond donors (Lipinski definition) is 1. The molecule has 0 radical (unpaired) electrons. The van der Waals surface area contributed by atoms with Crippen LogP contribution in [0.15, 0.2) is 4.47 Å². The molecule has 1 aromatic heterocycles. The molecule has 112 valence electrons. The van der Waals surface area contributed by atoms with E-state index in [1.54, 1.807) is 4.68 Å². The second kappa shape index (κ2) is 7.19. The fourth-order valence-corrected chi connectivity index (χ4v) is 2.48. The third-order valence-corrected chi connectivity index (χ3v) is 4.59. The van der Waals surface area contributed by atoms with Gasteiger partial charge in [0.05, 0.1) is 29.1 Å². The fraction of sp³-hybridized carbons (Fsp3) is 0.692. The van der Waals surface area contributed by atoms with Crippen LogP contribution in [0.25, 0.3) is 0 Å². The van der Waals surface area contributed by atoms with Crippen LogP contribution < -0.4 is 5.32 Å². The van der Waals surface area contributed by atoms with Gasteiger partial charge in [0.15, 0.2) is 0 Å². The number of carbonyl (C=O) groups is 1. The molecule has 1 saturated heterocycles. The Hall–Kier alpha value is -0.920. The molecule has 0 aromatic carbocycles. The number of aryl methyl sites for hydroxylation is 1. The van der Waals surface area contributed by atoms with Crippen LogP contribution in [0.3, 0.4) is 0 Å². The Morgan fingerprint density at radius 3 is 2.70 bits per heavy atom. The van der Waals surface area contributed by atoms with Crippen LogP contribution in [0.5, 0.6) is 0 Å². The third kappa shape index (κ3) is 4.04. The van der Waals surface area contributed by atoms with Crippen molar-refractivity contribution in [2.75, 3.05) is 39.4 Å². The van der Waals surface area contributed by atoms with E-state index in [9.17, 15) is 4.79 Å². The molecule has 1 amide bonds. The summed E-state index contributed by atoms with van der Waals surface area (Å²) >= 11 is 3.46. The Balaban J connectivity index is 1.73. The summed E-state index contributed by atoms with van der Waals surface area (Å²) in [5, 5.41) is 7.27. The van der Waals surface area contributed by atoms with Gasteiger partial charge in [0, 0.05) is 26.2 Å². The molecule has 1 aliphatic heterocycles. The van der Waals surface area contributed by atoms with E-state index >= 15 is 0 Å². The Labute approximate surface area is 127 Å². The SMILES string of the molecule is Cc1nn(CC(=O)NCCN2CCOCC2)c(C)c1Br. The third-order valence-electron chi connectivity index (χ3n) is 3.44. The second-order valence-electron chi connectivity index (χ2n) is 4.95. The van der Waals surface area contributed by atoms with Gasteiger partial charge in [0.25, 0.3) is 0 Å². The maximum atomic E-state index is 11.9. The van der Waals surface area contributed by atoms with Crippen molar-refractivity contribution in [3.8, 4) is 0 Å². The molecule has 2 heterocycles. The molecule has 20 heavy (non-hydrogen) atoms. The first-order valence-electron chi connectivity index (χ1n) is 6.84. The van der Waals surface area contributed by atoms with E-state index in [1.165, 1.54) is 0 Å². The first kappa shape index (κ1) is 15.5. The summed E-state index contributed by atoms with van der Waals surface area (Å²) in [5.41, 5.74) is 1.88. The van der Waals surface area contributed by atoms with Crippen molar-refractivity contribution >= 4 is 21.8 Å². The number of halogens is 1. The molecule has 2 rings (SSSR count). The molecular weight excluding hydrogens is 324 g/mol. The average molecular weight is 345 g/mol. The number of rotatable bonds is 5. The standard InChI is InChI=1S/C13H21BrN4O2/c1-10-13(14)11(2)18(16-10)9-12(19)15-3-4-17-5-7-20-8-6-17/h3-9H2,1-2H3,(H,15,19). The largest absolute Gasteiger partial charge is 0.379 e. The number of hydrogen-bond acceptors (Lipinski definition) is 4. The van der Waals surface area contributed by atoms with Gasteiger partial charge in [-0.25, -0.2) is 0 Å². The summed E-state index contributed by atoms with van der Waals surface area (Å²) in [5.74, 6) is -0.00337. The van der Waals surface area contributed by atoms with E-state index in [0.717, 1.165) is 48.7 Å². The lowest BCUT2D eigenvalue weighted by Gasteiger charge is -2.26. The highest BCUT2D eigenvalue weighted by atomic mass is 79.9. The zero-order valence-corrected chi connectivity index (χ0v) is 13.6. The van der Waals surface area contributed by atoms with Gasteiger partial charge in [-0.05, 0) is 29.8 Å². The highest BCUT2D eigenvalue weighted by Crippen LogP contribution is 2.19. The molecule has 1 N–H and O–H groups in total. The summed E-state index contributed by atoms with van der Waals surface area (Å²) in [4.78, 5) is 14.2. The maximum Gasteiger partial charge on any atom is 0.241 e. The highest BCUT2D eigenvalue weighted by molar-refractivity contribution is 9.10. The van der Waals surface area contributed by atoms with Gasteiger partial charge in [-0.15, -0.1) is 0 Å². The molecule has 7 heteroatoms. The smallest absolute Gasteiger partial charge is 0.241 e. The average Bonchev–Trinajstić information content (AvgIpc) is 2.67. The van der Waals surface area contributed by atoms with Crippen molar-refractivity contribution in [1.82, 2.24) is 20.0 Å². The van der Waals surface area contributed by atoms with Gasteiger partial charge in [-0.2, -0.15) is 5.10 Å². The minimum absolute atomic E-state index is 0.00337. The highest BCUT2D eigenvalue weighted by Gasteiger charge is 2.13. The molecule has 0 bridgehead atoms. The predicted octanol–water partition coefficient (Wildman–Crippen LogP) is 0.711. The van der Waals surface area contributed by atoms with Crippen molar-refractivity contribution in [2.24, 2.45) is 0 Å². The summed E-state index contributed by atoms with van der Waals surface area (Å²) in [7, 11) is 0. The minimum Gasteiger partial charge on any atom is -0.379 e. The molecule has 0 unspecified atom stereocenters. The maximum absolute atomic E-state index is 11.9. The summed E-state index contributed by atoms with van der Waals surface area (Å²) in [6, 6.07) is 0. The first-order valence-corrected chi connectivity index (χ1v) is 7.63. The van der Waals surface area contributed by atoms with Crippen LogP contribution in [0.1, 0.15) is 11.4 Å². The Bertz CT molecular complexity index is 469. The summed E-state index contributed by atoms with van der Waals surface area (Å²) < 4.78 is 7.98. The molecule has 1 aliphatic rings. The predicted molar refractivity (Wildman–Crippen MR) is 79.7 cm³/mol. The van der Waals surface area contributed by atoms with Crippen molar-refractivity contribution < 1.29 is 9.53 Å². The number of amides is 1. The number of carbonyl (C=O) groups excluding carboxylic acids is 1. The second-order valence-corrected chi connectivity index (χ2v) is 5.74. The lowest BCUT2D eigenvalue weighted by molar-refractivity contribution is -0.121. The number of aromatic nitrogens is 2. The normalized spacial score (nSPS) is 16.4. The van der Waals surface area contributed by atoms with Crippen molar-refractivity contribution in [2.45, 2.75) is 20.4 Å². The molecule has 0 saturated carbocycles. The zero-order valence-electron chi connectivity index (χ0n) is 12.0. The zero-order chi connectivity index (χ0) is 14.5. The molecule has 1 aromatic rings. The van der Waals surface area contributed by atoms with Gasteiger partial charge < -0.3 is 10.1 Å². The summed E-state index contributed by atoms with van der Waals surface area (Å²) in [6.45, 7) is 9.13. The van der Waals surface area contributed by atoms with Crippen LogP contribution in [0.2, 0.25) is 0 Å². The van der Waals surface area contributed by atoms with Crippen molar-refractivity contribution in [3.63, 3.8) is 0 Å². The quantitative estimate of drug-likeness (QED) is 0.854. The topological polar surface area (TPSA) is 59.4 Å². The lowest BCUT2D eigenvalue weighted by atomic mass is 10.4. The van der Waals surface area contributed by atoms with Gasteiger partial charge in [-0.3, -0.25) is 14.4 Å². The van der Waals surface area contributed by atoms with Crippen LogP contribution in [-0.4, -0.2) is 60.0 Å². The summed E-state index contributed by atoms with van der Waals surface area (Å²) in [6.07, 6.45) is 0. The van der Waals surface area contributed by atoms with E-state index in [1.807, 2.05) is 13.8 Å². The number of nitrogens with zero attached hydrogens (tertiary/aromatic N) is 3. The Kier molecular flexibility index (Phi) is 5.56. The van der Waals surface area contributed by atoms with Crippen molar-refractivity contribution in [1.29, 1.82) is 0 Å². The van der Waals surface area contributed by atoms with Crippen LogP contribution >= 0.6 is 15.9 Å². The molecule has 6 nitrogen and oxygen atoms in total. The van der Waals surface area contributed by atoms with Crippen LogP contribution in [0.4, 0.5) is 0 Å². The van der Waals surface area contributed by atoms with Gasteiger partial charge in [0.2, 0.25) is 5.91 Å². The minimum atomic E-state index is -0.00337. The molecule has 0 spiro atoms. The Morgan fingerprint density at radius 2 is 2.10 bits per heavy atom. The molecule has 0 atom stereocenters. The van der Waals surface area contributed by atoms with Crippen LogP contribution in [-0.2, 0) is 16.1 Å².